The first kappa shape index (κ1) is 28.9. The highest BCUT2D eigenvalue weighted by Crippen LogP contribution is 2.29. The fourth-order valence-corrected chi connectivity index (χ4v) is 3.72. The molecule has 1 aromatic carbocycles. The number of imidazole rings is 1. The molecule has 3 aromatic heterocycles. The lowest BCUT2D eigenvalue weighted by atomic mass is 9.97. The van der Waals surface area contributed by atoms with Crippen LogP contribution in [-0.2, 0) is 21.9 Å². The maximum atomic E-state index is 13.5. The van der Waals surface area contributed by atoms with Crippen LogP contribution in [0.2, 0.25) is 0 Å². The SMILES string of the molecule is CNC(Oc1cccn2cc(C)nc12)(C(=O)CNC(=O)CNCc1ccco1)c1ccccc1.Cl.Cl. The van der Waals surface area contributed by atoms with Gasteiger partial charge in [0.2, 0.25) is 17.4 Å². The number of nitrogens with zero attached hydrogens (tertiary/aromatic N) is 2. The van der Waals surface area contributed by atoms with Gasteiger partial charge in [0.1, 0.15) is 5.76 Å². The van der Waals surface area contributed by atoms with E-state index in [0.717, 1.165) is 11.5 Å². The zero-order valence-corrected chi connectivity index (χ0v) is 21.5. The number of fused-ring (bicyclic) bond motifs is 1. The van der Waals surface area contributed by atoms with Gasteiger partial charge in [-0.1, -0.05) is 30.3 Å². The topological polar surface area (TPSA) is 110 Å². The third kappa shape index (κ3) is 6.44. The third-order valence-corrected chi connectivity index (χ3v) is 5.37. The standard InChI is InChI=1S/C25H27N5O4.2ClH/c1-18-17-30-12-6-11-21(24(30)29-18)34-25(26-2,19-8-4-3-5-9-19)22(31)15-28-23(32)16-27-14-20-10-7-13-33-20;;/h3-13,17,26-27H,14-16H2,1-2H3,(H,28,32);2*1H. The van der Waals surface area contributed by atoms with Crippen LogP contribution in [0.1, 0.15) is 17.0 Å². The van der Waals surface area contributed by atoms with Gasteiger partial charge in [-0.15, -0.1) is 24.8 Å². The third-order valence-electron chi connectivity index (χ3n) is 5.37. The molecular weight excluding hydrogens is 505 g/mol. The minimum Gasteiger partial charge on any atom is -0.468 e. The summed E-state index contributed by atoms with van der Waals surface area (Å²) in [6.45, 7) is 2.11. The molecule has 1 unspecified atom stereocenters. The number of ether oxygens (including phenoxy) is 1. The molecule has 0 saturated heterocycles. The van der Waals surface area contributed by atoms with E-state index in [-0.39, 0.29) is 49.6 Å². The van der Waals surface area contributed by atoms with Crippen molar-refractivity contribution in [2.45, 2.75) is 19.2 Å². The number of carbonyl (C=O) groups excluding carboxylic acids is 2. The molecule has 3 N–H and O–H groups in total. The number of benzene rings is 1. The number of furan rings is 1. The summed E-state index contributed by atoms with van der Waals surface area (Å²) in [7, 11) is 1.65. The number of hydrogen-bond acceptors (Lipinski definition) is 7. The summed E-state index contributed by atoms with van der Waals surface area (Å²) < 4.78 is 13.4. The van der Waals surface area contributed by atoms with Crippen LogP contribution in [0.3, 0.4) is 0 Å². The summed E-state index contributed by atoms with van der Waals surface area (Å²) in [4.78, 5) is 30.4. The summed E-state index contributed by atoms with van der Waals surface area (Å²) in [6.07, 6.45) is 5.31. The molecule has 1 atom stereocenters. The van der Waals surface area contributed by atoms with Crippen LogP contribution in [0.5, 0.6) is 5.75 Å². The lowest BCUT2D eigenvalue weighted by molar-refractivity contribution is -0.138. The second-order valence-corrected chi connectivity index (χ2v) is 7.77. The summed E-state index contributed by atoms with van der Waals surface area (Å²) in [5.41, 5.74) is 0.497. The summed E-state index contributed by atoms with van der Waals surface area (Å²) >= 11 is 0. The van der Waals surface area contributed by atoms with Crippen molar-refractivity contribution in [2.24, 2.45) is 0 Å². The van der Waals surface area contributed by atoms with E-state index < -0.39 is 5.72 Å². The molecule has 4 aromatic rings. The largest absolute Gasteiger partial charge is 0.468 e. The van der Waals surface area contributed by atoms with Gasteiger partial charge in [-0.05, 0) is 38.2 Å². The van der Waals surface area contributed by atoms with Gasteiger partial charge in [0.05, 0.1) is 31.6 Å². The van der Waals surface area contributed by atoms with E-state index in [9.17, 15) is 9.59 Å². The summed E-state index contributed by atoms with van der Waals surface area (Å²) in [5, 5.41) is 8.71. The van der Waals surface area contributed by atoms with E-state index in [2.05, 4.69) is 20.9 Å². The number of pyridine rings is 1. The fourth-order valence-electron chi connectivity index (χ4n) is 3.72. The van der Waals surface area contributed by atoms with E-state index >= 15 is 0 Å². The Morgan fingerprint density at radius 2 is 1.83 bits per heavy atom. The van der Waals surface area contributed by atoms with E-state index in [1.165, 1.54) is 0 Å². The van der Waals surface area contributed by atoms with E-state index in [4.69, 9.17) is 9.15 Å². The smallest absolute Gasteiger partial charge is 0.248 e. The van der Waals surface area contributed by atoms with Gasteiger partial charge in [-0.3, -0.25) is 14.9 Å². The number of rotatable bonds is 11. The van der Waals surface area contributed by atoms with Gasteiger partial charge < -0.3 is 24.2 Å². The van der Waals surface area contributed by atoms with Gasteiger partial charge in [-0.25, -0.2) is 4.98 Å². The van der Waals surface area contributed by atoms with Gasteiger partial charge >= 0.3 is 0 Å². The second-order valence-electron chi connectivity index (χ2n) is 7.77. The minimum atomic E-state index is -1.53. The number of likely N-dealkylation sites (N-methyl/N-ethyl adjacent to an activating group) is 1. The molecule has 0 aliphatic rings. The molecule has 11 heteroatoms. The molecular formula is C25H29Cl2N5O4. The number of halogens is 2. The van der Waals surface area contributed by atoms with Crippen molar-refractivity contribution >= 4 is 42.2 Å². The molecule has 0 bridgehead atoms. The van der Waals surface area contributed by atoms with Crippen LogP contribution in [0.4, 0.5) is 0 Å². The maximum absolute atomic E-state index is 13.5. The van der Waals surface area contributed by atoms with Crippen LogP contribution >= 0.6 is 24.8 Å². The second kappa shape index (κ2) is 13.1. The van der Waals surface area contributed by atoms with Crippen molar-refractivity contribution in [3.05, 3.63) is 90.3 Å². The van der Waals surface area contributed by atoms with Crippen molar-refractivity contribution in [2.75, 3.05) is 20.1 Å². The molecule has 0 aliphatic heterocycles. The number of nitrogens with one attached hydrogen (secondary N) is 3. The lowest BCUT2D eigenvalue weighted by Gasteiger charge is -2.33. The molecule has 0 fully saturated rings. The number of aryl methyl sites for hydroxylation is 1. The first-order valence-corrected chi connectivity index (χ1v) is 10.9. The molecule has 3 heterocycles. The quantitative estimate of drug-likeness (QED) is 0.254. The Morgan fingerprint density at radius 1 is 1.06 bits per heavy atom. The van der Waals surface area contributed by atoms with Crippen LogP contribution in [0.15, 0.2) is 77.7 Å². The van der Waals surface area contributed by atoms with Crippen LogP contribution in [-0.4, -0.2) is 41.2 Å². The predicted octanol–water partition coefficient (Wildman–Crippen LogP) is 3.01. The normalized spacial score (nSPS) is 12.2. The minimum absolute atomic E-state index is 0. The Hall–Kier alpha value is -3.37. The fraction of sp³-hybridized carbons (Fsp3) is 0.240. The monoisotopic (exact) mass is 533 g/mol. The van der Waals surface area contributed by atoms with Gasteiger partial charge in [0.25, 0.3) is 0 Å². The summed E-state index contributed by atoms with van der Waals surface area (Å²) in [5.74, 6) is 0.488. The van der Waals surface area contributed by atoms with Gasteiger partial charge in [0, 0.05) is 18.0 Å². The van der Waals surface area contributed by atoms with E-state index in [1.54, 1.807) is 37.6 Å². The van der Waals surface area contributed by atoms with Crippen molar-refractivity contribution in [1.29, 1.82) is 0 Å². The van der Waals surface area contributed by atoms with Crippen LogP contribution < -0.4 is 20.7 Å². The lowest BCUT2D eigenvalue weighted by Crippen LogP contribution is -2.56. The summed E-state index contributed by atoms with van der Waals surface area (Å²) in [6, 6.07) is 16.3. The Balaban J connectivity index is 0.00000228. The molecule has 0 radical (unpaired) electrons. The van der Waals surface area contributed by atoms with Crippen molar-refractivity contribution < 1.29 is 18.7 Å². The molecule has 4 rings (SSSR count). The molecule has 1 amide bonds. The Bertz CT molecular complexity index is 1260. The number of carbonyl (C=O) groups is 2. The number of hydrogen-bond donors (Lipinski definition) is 3. The number of amides is 1. The molecule has 0 aliphatic carbocycles. The molecule has 192 valence electrons. The molecule has 0 saturated carbocycles. The van der Waals surface area contributed by atoms with Crippen molar-refractivity contribution in [3.63, 3.8) is 0 Å². The highest BCUT2D eigenvalue weighted by Gasteiger charge is 2.41. The zero-order chi connectivity index (χ0) is 24.0. The van der Waals surface area contributed by atoms with Crippen molar-refractivity contribution in [3.8, 4) is 5.75 Å². The zero-order valence-electron chi connectivity index (χ0n) is 19.9. The highest BCUT2D eigenvalue weighted by atomic mass is 35.5. The molecule has 36 heavy (non-hydrogen) atoms. The van der Waals surface area contributed by atoms with Gasteiger partial charge in [-0.2, -0.15) is 0 Å². The first-order valence-electron chi connectivity index (χ1n) is 10.9. The Labute approximate surface area is 221 Å². The van der Waals surface area contributed by atoms with E-state index in [0.29, 0.717) is 23.5 Å². The Morgan fingerprint density at radius 3 is 2.53 bits per heavy atom. The van der Waals surface area contributed by atoms with Crippen LogP contribution in [0, 0.1) is 6.92 Å². The number of Topliss-reactive ketones (excluding diaryl/α,β-unsaturated/α-hetero) is 1. The molecule has 0 spiro atoms. The average molecular weight is 534 g/mol. The van der Waals surface area contributed by atoms with Crippen LogP contribution in [0.25, 0.3) is 5.65 Å². The highest BCUT2D eigenvalue weighted by molar-refractivity contribution is 5.93. The van der Waals surface area contributed by atoms with Crippen molar-refractivity contribution in [1.82, 2.24) is 25.3 Å². The average Bonchev–Trinajstić information content (AvgIpc) is 3.51. The van der Waals surface area contributed by atoms with E-state index in [1.807, 2.05) is 54.0 Å². The molecule has 9 nitrogen and oxygen atoms in total. The number of ketones is 1. The Kier molecular flexibility index (Phi) is 10.5. The maximum Gasteiger partial charge on any atom is 0.248 e. The number of aromatic nitrogens is 2. The predicted molar refractivity (Wildman–Crippen MR) is 141 cm³/mol. The first-order chi connectivity index (χ1) is 16.5. The van der Waals surface area contributed by atoms with Gasteiger partial charge in [0.15, 0.2) is 11.4 Å².